The third kappa shape index (κ3) is 1.34. The van der Waals surface area contributed by atoms with Crippen LogP contribution in [0.5, 0.6) is 0 Å². The van der Waals surface area contributed by atoms with Crippen molar-refractivity contribution in [3.05, 3.63) is 0 Å². The molecule has 0 aromatic rings. The first kappa shape index (κ1) is 7.23. The van der Waals surface area contributed by atoms with Crippen molar-refractivity contribution >= 4 is 21.2 Å². The SMILES string of the molecule is O=C1NCCNC1=S(=O)=O. The van der Waals surface area contributed by atoms with Gasteiger partial charge < -0.3 is 5.32 Å². The molecule has 1 saturated heterocycles. The van der Waals surface area contributed by atoms with Gasteiger partial charge in [0.15, 0.2) is 0 Å². The molecule has 56 valence electrons. The van der Waals surface area contributed by atoms with Gasteiger partial charge in [-0.25, -0.2) is 0 Å². The molecule has 5 nitrogen and oxygen atoms in total. The Morgan fingerprint density at radius 1 is 1.20 bits per heavy atom. The van der Waals surface area contributed by atoms with Gasteiger partial charge >= 0.3 is 0 Å². The van der Waals surface area contributed by atoms with E-state index in [0.29, 0.717) is 13.1 Å². The fourth-order valence-electron chi connectivity index (χ4n) is 0.647. The summed E-state index contributed by atoms with van der Waals surface area (Å²) in [6.07, 6.45) is 0. The molecule has 0 atom stereocenters. The van der Waals surface area contributed by atoms with Gasteiger partial charge in [-0.05, 0) is 0 Å². The average Bonchev–Trinajstić information content (AvgIpc) is 1.88. The van der Waals surface area contributed by atoms with E-state index < -0.39 is 16.2 Å². The van der Waals surface area contributed by atoms with Crippen LogP contribution in [0.15, 0.2) is 0 Å². The summed E-state index contributed by atoms with van der Waals surface area (Å²) in [4.78, 5) is 10.4. The van der Waals surface area contributed by atoms with Crippen molar-refractivity contribution in [1.29, 1.82) is 0 Å². The first-order valence-electron chi connectivity index (χ1n) is 2.70. The lowest BCUT2D eigenvalue weighted by molar-refractivity contribution is -0.115. The van der Waals surface area contributed by atoms with Crippen LogP contribution in [-0.4, -0.2) is 32.4 Å². The molecule has 10 heavy (non-hydrogen) atoms. The Morgan fingerprint density at radius 2 is 1.80 bits per heavy atom. The molecule has 0 bridgehead atoms. The second-order valence-electron chi connectivity index (χ2n) is 1.75. The Kier molecular flexibility index (Phi) is 2.03. The lowest BCUT2D eigenvalue weighted by atomic mass is 10.4. The van der Waals surface area contributed by atoms with Crippen molar-refractivity contribution in [2.24, 2.45) is 0 Å². The molecule has 1 heterocycles. The molecule has 2 N–H and O–H groups in total. The zero-order chi connectivity index (χ0) is 7.56. The summed E-state index contributed by atoms with van der Waals surface area (Å²) >= 11 is 0. The number of carbonyl (C=O) groups excluding carboxylic acids is 1. The Hall–Kier alpha value is -0.880. The van der Waals surface area contributed by atoms with Gasteiger partial charge in [0.25, 0.3) is 5.91 Å². The number of piperazine rings is 1. The second-order valence-corrected chi connectivity index (χ2v) is 2.62. The highest BCUT2D eigenvalue weighted by atomic mass is 32.2. The quantitative estimate of drug-likeness (QED) is 0.393. The minimum atomic E-state index is -2.44. The van der Waals surface area contributed by atoms with Gasteiger partial charge in [0.1, 0.15) is 0 Å². The van der Waals surface area contributed by atoms with Crippen molar-refractivity contribution in [3.63, 3.8) is 0 Å². The van der Waals surface area contributed by atoms with Crippen LogP contribution in [0, 0.1) is 0 Å². The molecule has 6 heteroatoms. The van der Waals surface area contributed by atoms with Gasteiger partial charge in [-0.1, -0.05) is 0 Å². The standard InChI is InChI=1S/C4H6N2O3S/c7-3-4(10(8)9)6-2-1-5-3/h6H,1-2H2,(H,5,7). The summed E-state index contributed by atoms with van der Waals surface area (Å²) in [5.41, 5.74) is 0. The molecule has 1 aliphatic rings. The summed E-state index contributed by atoms with van der Waals surface area (Å²) in [6.45, 7) is 0.939. The third-order valence-corrected chi connectivity index (χ3v) is 1.73. The maximum absolute atomic E-state index is 10.6. The van der Waals surface area contributed by atoms with E-state index >= 15 is 0 Å². The molecule has 0 aromatic heterocycles. The first-order valence-corrected chi connectivity index (χ1v) is 3.77. The Labute approximate surface area is 59.0 Å². The van der Waals surface area contributed by atoms with E-state index in [2.05, 4.69) is 10.6 Å². The molecular formula is C4H6N2O3S. The van der Waals surface area contributed by atoms with Crippen LogP contribution in [0.2, 0.25) is 0 Å². The largest absolute Gasteiger partial charge is 0.349 e. The van der Waals surface area contributed by atoms with Crippen LogP contribution in [0.4, 0.5) is 0 Å². The zero-order valence-corrected chi connectivity index (χ0v) is 5.86. The van der Waals surface area contributed by atoms with Crippen LogP contribution in [0.1, 0.15) is 0 Å². The predicted molar refractivity (Wildman–Crippen MR) is 34.9 cm³/mol. The van der Waals surface area contributed by atoms with Crippen molar-refractivity contribution in [2.75, 3.05) is 13.1 Å². The number of nitrogens with one attached hydrogen (secondary N) is 2. The van der Waals surface area contributed by atoms with Crippen molar-refractivity contribution < 1.29 is 13.2 Å². The number of hydrogen-bond acceptors (Lipinski definition) is 3. The number of amides is 1. The molecule has 0 aromatic carbocycles. The van der Waals surface area contributed by atoms with Gasteiger partial charge in [-0.3, -0.25) is 10.1 Å². The highest BCUT2D eigenvalue weighted by molar-refractivity contribution is 7.74. The van der Waals surface area contributed by atoms with Gasteiger partial charge in [0.2, 0.25) is 15.3 Å². The summed E-state index contributed by atoms with van der Waals surface area (Å²) in [6, 6.07) is 0. The molecule has 0 radical (unpaired) electrons. The monoisotopic (exact) mass is 162 g/mol. The van der Waals surface area contributed by atoms with Crippen LogP contribution < -0.4 is 10.6 Å². The van der Waals surface area contributed by atoms with E-state index in [4.69, 9.17) is 0 Å². The van der Waals surface area contributed by atoms with E-state index in [-0.39, 0.29) is 4.99 Å². The van der Waals surface area contributed by atoms with Crippen LogP contribution in [0.3, 0.4) is 0 Å². The van der Waals surface area contributed by atoms with E-state index in [1.807, 2.05) is 0 Å². The lowest BCUT2D eigenvalue weighted by Gasteiger charge is -2.11. The highest BCUT2D eigenvalue weighted by Gasteiger charge is 2.15. The molecule has 0 unspecified atom stereocenters. The molecule has 1 fully saturated rings. The normalized spacial score (nSPS) is 18.4. The summed E-state index contributed by atoms with van der Waals surface area (Å²) in [7, 11) is -2.44. The summed E-state index contributed by atoms with van der Waals surface area (Å²) in [5, 5.41) is 4.84. The highest BCUT2D eigenvalue weighted by Crippen LogP contribution is 1.76. The molecule has 1 amide bonds. The van der Waals surface area contributed by atoms with E-state index in [1.165, 1.54) is 0 Å². The van der Waals surface area contributed by atoms with Crippen LogP contribution in [-0.2, 0) is 15.1 Å². The molecule has 0 saturated carbocycles. The topological polar surface area (TPSA) is 75.3 Å². The van der Waals surface area contributed by atoms with Gasteiger partial charge in [0.05, 0.1) is 0 Å². The molecule has 1 aliphatic heterocycles. The Morgan fingerprint density at radius 3 is 2.20 bits per heavy atom. The smallest absolute Gasteiger partial charge is 0.278 e. The van der Waals surface area contributed by atoms with Gasteiger partial charge in [0, 0.05) is 13.1 Å². The molecule has 0 aliphatic carbocycles. The van der Waals surface area contributed by atoms with E-state index in [1.54, 1.807) is 0 Å². The fourth-order valence-corrected chi connectivity index (χ4v) is 1.09. The molecular weight excluding hydrogens is 156 g/mol. The zero-order valence-electron chi connectivity index (χ0n) is 5.05. The van der Waals surface area contributed by atoms with Crippen LogP contribution >= 0.6 is 0 Å². The lowest BCUT2D eigenvalue weighted by Crippen LogP contribution is -2.49. The van der Waals surface area contributed by atoms with Crippen molar-refractivity contribution in [2.45, 2.75) is 0 Å². The molecule has 0 spiro atoms. The second kappa shape index (κ2) is 2.80. The minimum absolute atomic E-state index is 0.272. The van der Waals surface area contributed by atoms with Gasteiger partial charge in [-0.15, -0.1) is 0 Å². The third-order valence-electron chi connectivity index (χ3n) is 1.07. The Bertz CT molecular complexity index is 271. The number of carbonyl (C=O) groups is 1. The first-order chi connectivity index (χ1) is 4.72. The maximum Gasteiger partial charge on any atom is 0.278 e. The molecule has 1 rings (SSSR count). The van der Waals surface area contributed by atoms with Crippen molar-refractivity contribution in [3.8, 4) is 0 Å². The predicted octanol–water partition coefficient (Wildman–Crippen LogP) is -2.29. The van der Waals surface area contributed by atoms with E-state index in [0.717, 1.165) is 0 Å². The number of rotatable bonds is 0. The summed E-state index contributed by atoms with van der Waals surface area (Å²) in [5.74, 6) is -0.556. The average molecular weight is 162 g/mol. The minimum Gasteiger partial charge on any atom is -0.349 e. The summed E-state index contributed by atoms with van der Waals surface area (Å²) < 4.78 is 20.4. The Balaban J connectivity index is 2.97. The van der Waals surface area contributed by atoms with Gasteiger partial charge in [-0.2, -0.15) is 8.42 Å². The van der Waals surface area contributed by atoms with E-state index in [9.17, 15) is 13.2 Å². The fraction of sp³-hybridized carbons (Fsp3) is 0.500. The maximum atomic E-state index is 10.6. The van der Waals surface area contributed by atoms with Crippen molar-refractivity contribution in [1.82, 2.24) is 10.6 Å². The number of hydrogen-bond donors (Lipinski definition) is 2. The van der Waals surface area contributed by atoms with Crippen LogP contribution in [0.25, 0.3) is 0 Å².